The minimum Gasteiger partial charge on any atom is -0.493 e. The molecule has 0 saturated heterocycles. The molecule has 7 nitrogen and oxygen atoms in total. The van der Waals surface area contributed by atoms with Crippen LogP contribution in [0.1, 0.15) is 19.8 Å². The number of hydrogen-bond donors (Lipinski definition) is 4. The Hall–Kier alpha value is -1.86. The molecule has 0 aliphatic heterocycles. The van der Waals surface area contributed by atoms with Crippen molar-refractivity contribution in [2.45, 2.75) is 25.4 Å². The summed E-state index contributed by atoms with van der Waals surface area (Å²) < 4.78 is 5.09. The zero-order valence-corrected chi connectivity index (χ0v) is 10.9. The summed E-state index contributed by atoms with van der Waals surface area (Å²) >= 11 is 0. The number of carboxylic acid groups (broad SMARTS) is 1. The van der Waals surface area contributed by atoms with E-state index in [0.29, 0.717) is 0 Å². The third-order valence-electron chi connectivity index (χ3n) is 2.82. The number of nitrogens with zero attached hydrogens (tertiary/aromatic N) is 1. The van der Waals surface area contributed by atoms with Gasteiger partial charge in [0.1, 0.15) is 5.70 Å². The third kappa shape index (κ3) is 3.33. The van der Waals surface area contributed by atoms with Gasteiger partial charge in [-0.3, -0.25) is 0 Å². The molecule has 0 bridgehead atoms. The predicted octanol–water partition coefficient (Wildman–Crippen LogP) is -0.250. The quantitative estimate of drug-likeness (QED) is 0.522. The van der Waals surface area contributed by atoms with E-state index in [0.717, 1.165) is 0 Å². The van der Waals surface area contributed by atoms with Gasteiger partial charge in [-0.15, -0.1) is 0 Å². The van der Waals surface area contributed by atoms with E-state index < -0.39 is 18.2 Å². The van der Waals surface area contributed by atoms with E-state index in [4.69, 9.17) is 15.6 Å². The Bertz CT molecular complexity index is 467. The summed E-state index contributed by atoms with van der Waals surface area (Å²) in [5.41, 5.74) is 4.57. The van der Waals surface area contributed by atoms with Crippen molar-refractivity contribution in [2.24, 2.45) is 10.7 Å². The van der Waals surface area contributed by atoms with Crippen LogP contribution in [0, 0.1) is 0 Å². The van der Waals surface area contributed by atoms with Gasteiger partial charge in [0.05, 0.1) is 30.7 Å². The van der Waals surface area contributed by atoms with Crippen molar-refractivity contribution in [3.05, 3.63) is 23.2 Å². The van der Waals surface area contributed by atoms with Crippen molar-refractivity contribution in [1.29, 1.82) is 0 Å². The molecule has 0 aromatic rings. The molecule has 1 rings (SSSR count). The first kappa shape index (κ1) is 15.2. The SMILES string of the molecule is C/C=C(\N=C1C[C@](O)(CO)CC(N)=C1OC)C(=O)O. The number of rotatable bonds is 4. The Balaban J connectivity index is 3.26. The first-order valence-electron chi connectivity index (χ1n) is 5.70. The average Bonchev–Trinajstić information content (AvgIpc) is 2.35. The summed E-state index contributed by atoms with van der Waals surface area (Å²) in [5.74, 6) is -0.944. The summed E-state index contributed by atoms with van der Waals surface area (Å²) in [7, 11) is 1.39. The van der Waals surface area contributed by atoms with Crippen molar-refractivity contribution < 1.29 is 24.9 Å². The maximum absolute atomic E-state index is 10.9. The van der Waals surface area contributed by atoms with E-state index in [1.807, 2.05) is 0 Å². The van der Waals surface area contributed by atoms with Crippen molar-refractivity contribution in [2.75, 3.05) is 13.7 Å². The van der Waals surface area contributed by atoms with E-state index in [1.165, 1.54) is 20.1 Å². The van der Waals surface area contributed by atoms with Crippen LogP contribution in [0.25, 0.3) is 0 Å². The van der Waals surface area contributed by atoms with Gasteiger partial charge in [-0.2, -0.15) is 0 Å². The highest BCUT2D eigenvalue weighted by atomic mass is 16.5. The Labute approximate surface area is 110 Å². The zero-order chi connectivity index (χ0) is 14.6. The number of ether oxygens (including phenoxy) is 1. The molecule has 0 amide bonds. The Morgan fingerprint density at radius 2 is 2.21 bits per heavy atom. The first-order chi connectivity index (χ1) is 8.86. The van der Waals surface area contributed by atoms with Crippen molar-refractivity contribution in [1.82, 2.24) is 0 Å². The van der Waals surface area contributed by atoms with E-state index in [1.54, 1.807) is 0 Å². The topological polar surface area (TPSA) is 125 Å². The van der Waals surface area contributed by atoms with Crippen LogP contribution in [-0.2, 0) is 9.53 Å². The van der Waals surface area contributed by atoms with Crippen LogP contribution in [0.15, 0.2) is 28.2 Å². The molecule has 0 unspecified atom stereocenters. The lowest BCUT2D eigenvalue weighted by Gasteiger charge is -2.32. The van der Waals surface area contributed by atoms with Crippen LogP contribution >= 0.6 is 0 Å². The highest BCUT2D eigenvalue weighted by Gasteiger charge is 2.37. The minimum atomic E-state index is -1.44. The lowest BCUT2D eigenvalue weighted by atomic mass is 9.86. The summed E-state index contributed by atoms with van der Waals surface area (Å²) in [6.07, 6.45) is 1.34. The van der Waals surface area contributed by atoms with E-state index in [2.05, 4.69) is 4.99 Å². The number of aliphatic hydroxyl groups is 2. The molecular formula is C12H18N2O5. The van der Waals surface area contributed by atoms with E-state index >= 15 is 0 Å². The van der Waals surface area contributed by atoms with Crippen LogP contribution in [0.2, 0.25) is 0 Å². The maximum atomic E-state index is 10.9. The van der Waals surface area contributed by atoms with Gasteiger partial charge >= 0.3 is 5.97 Å². The molecule has 5 N–H and O–H groups in total. The number of aliphatic imine (C=N–C) groups is 1. The monoisotopic (exact) mass is 270 g/mol. The highest BCUT2D eigenvalue weighted by Crippen LogP contribution is 2.29. The van der Waals surface area contributed by atoms with Gasteiger partial charge in [-0.1, -0.05) is 6.08 Å². The van der Waals surface area contributed by atoms with Crippen LogP contribution in [0.3, 0.4) is 0 Å². The molecule has 0 aromatic heterocycles. The van der Waals surface area contributed by atoms with Gasteiger partial charge in [-0.05, 0) is 6.92 Å². The van der Waals surface area contributed by atoms with Gasteiger partial charge in [0.15, 0.2) is 5.76 Å². The maximum Gasteiger partial charge on any atom is 0.354 e. The number of aliphatic carboxylic acids is 1. The molecule has 0 heterocycles. The Morgan fingerprint density at radius 3 is 2.63 bits per heavy atom. The smallest absolute Gasteiger partial charge is 0.354 e. The molecule has 1 aliphatic rings. The fourth-order valence-corrected chi connectivity index (χ4v) is 1.91. The van der Waals surface area contributed by atoms with Crippen LogP contribution < -0.4 is 5.73 Å². The molecule has 106 valence electrons. The van der Waals surface area contributed by atoms with E-state index in [9.17, 15) is 15.0 Å². The molecule has 1 aliphatic carbocycles. The predicted molar refractivity (Wildman–Crippen MR) is 68.3 cm³/mol. The van der Waals surface area contributed by atoms with Gasteiger partial charge < -0.3 is 25.8 Å². The molecule has 7 heteroatoms. The summed E-state index contributed by atoms with van der Waals surface area (Å²) in [5, 5.41) is 28.2. The molecule has 1 atom stereocenters. The lowest BCUT2D eigenvalue weighted by Crippen LogP contribution is -2.42. The Kier molecular flexibility index (Phi) is 4.68. The number of allylic oxidation sites excluding steroid dienone is 2. The second-order valence-electron chi connectivity index (χ2n) is 4.33. The zero-order valence-electron chi connectivity index (χ0n) is 10.9. The number of carboxylic acids is 1. The van der Waals surface area contributed by atoms with Crippen molar-refractivity contribution in [3.8, 4) is 0 Å². The van der Waals surface area contributed by atoms with Gasteiger partial charge in [-0.25, -0.2) is 9.79 Å². The molecule has 0 saturated carbocycles. The minimum absolute atomic E-state index is 0.0298. The Morgan fingerprint density at radius 1 is 1.58 bits per heavy atom. The standard InChI is InChI=1S/C12H18N2O5/c1-3-8(11(16)17)14-9-5-12(18,6-15)4-7(13)10(9)19-2/h3,15,18H,4-6,13H2,1-2H3,(H,16,17)/b8-3-,14-9?/t12-/m0/s1. The summed E-state index contributed by atoms with van der Waals surface area (Å²) in [6, 6.07) is 0. The van der Waals surface area contributed by atoms with Crippen LogP contribution in [0.5, 0.6) is 0 Å². The summed E-state index contributed by atoms with van der Waals surface area (Å²) in [4.78, 5) is 14.9. The average molecular weight is 270 g/mol. The third-order valence-corrected chi connectivity index (χ3v) is 2.82. The molecule has 0 aromatic carbocycles. The normalized spacial score (nSPS) is 26.7. The number of carbonyl (C=O) groups is 1. The molecule has 0 fully saturated rings. The number of hydrogen-bond acceptors (Lipinski definition) is 6. The van der Waals surface area contributed by atoms with Crippen LogP contribution in [-0.4, -0.2) is 46.3 Å². The number of methoxy groups -OCH3 is 1. The first-order valence-corrected chi connectivity index (χ1v) is 5.70. The van der Waals surface area contributed by atoms with Gasteiger partial charge in [0, 0.05) is 12.8 Å². The fourth-order valence-electron chi connectivity index (χ4n) is 1.91. The largest absolute Gasteiger partial charge is 0.493 e. The number of aliphatic hydroxyl groups excluding tert-OH is 1. The second-order valence-corrected chi connectivity index (χ2v) is 4.33. The molecule has 0 spiro atoms. The molecular weight excluding hydrogens is 252 g/mol. The summed E-state index contributed by atoms with van der Waals surface area (Å²) in [6.45, 7) is 1.04. The number of nitrogens with two attached hydrogens (primary N) is 1. The fraction of sp³-hybridized carbons (Fsp3) is 0.500. The molecule has 0 radical (unpaired) electrons. The molecule has 19 heavy (non-hydrogen) atoms. The van der Waals surface area contributed by atoms with Crippen molar-refractivity contribution >= 4 is 11.7 Å². The van der Waals surface area contributed by atoms with Gasteiger partial charge in [0.25, 0.3) is 0 Å². The lowest BCUT2D eigenvalue weighted by molar-refractivity contribution is -0.132. The second kappa shape index (κ2) is 5.85. The van der Waals surface area contributed by atoms with Crippen molar-refractivity contribution in [3.63, 3.8) is 0 Å². The van der Waals surface area contributed by atoms with Crippen LogP contribution in [0.4, 0.5) is 0 Å². The highest BCUT2D eigenvalue weighted by molar-refractivity contribution is 6.03. The van der Waals surface area contributed by atoms with Gasteiger partial charge in [0.2, 0.25) is 0 Å². The van der Waals surface area contributed by atoms with E-state index in [-0.39, 0.29) is 35.7 Å².